The van der Waals surface area contributed by atoms with Gasteiger partial charge in [-0.1, -0.05) is 19.9 Å². The van der Waals surface area contributed by atoms with Gasteiger partial charge in [0, 0.05) is 12.2 Å². The molecule has 1 aromatic rings. The molecule has 1 fully saturated rings. The van der Waals surface area contributed by atoms with E-state index in [0.717, 1.165) is 12.0 Å². The zero-order valence-corrected chi connectivity index (χ0v) is 11.0. The summed E-state index contributed by atoms with van der Waals surface area (Å²) in [5.74, 6) is 0.398. The van der Waals surface area contributed by atoms with Crippen molar-refractivity contribution in [2.75, 3.05) is 22.3 Å². The van der Waals surface area contributed by atoms with Crippen molar-refractivity contribution in [3.05, 3.63) is 23.8 Å². The van der Waals surface area contributed by atoms with Gasteiger partial charge in [-0.3, -0.25) is 4.31 Å². The minimum atomic E-state index is -3.15. The Labute approximate surface area is 102 Å². The van der Waals surface area contributed by atoms with Gasteiger partial charge in [-0.05, 0) is 30.0 Å². The van der Waals surface area contributed by atoms with E-state index in [1.165, 1.54) is 4.31 Å². The van der Waals surface area contributed by atoms with Gasteiger partial charge < -0.3 is 5.73 Å². The van der Waals surface area contributed by atoms with E-state index in [2.05, 4.69) is 0 Å². The summed E-state index contributed by atoms with van der Waals surface area (Å²) >= 11 is 0. The van der Waals surface area contributed by atoms with Crippen LogP contribution in [0.2, 0.25) is 0 Å². The number of anilines is 2. The van der Waals surface area contributed by atoms with Crippen LogP contribution in [0.1, 0.15) is 19.4 Å². The highest BCUT2D eigenvalue weighted by atomic mass is 32.2. The third kappa shape index (κ3) is 2.24. The molecule has 17 heavy (non-hydrogen) atoms. The highest BCUT2D eigenvalue weighted by Gasteiger charge is 2.33. The zero-order valence-electron chi connectivity index (χ0n) is 10.2. The number of hydrogen-bond acceptors (Lipinski definition) is 3. The van der Waals surface area contributed by atoms with Crippen molar-refractivity contribution < 1.29 is 8.42 Å². The Hall–Kier alpha value is -1.23. The maximum atomic E-state index is 11.9. The monoisotopic (exact) mass is 254 g/mol. The fraction of sp³-hybridized carbons (Fsp3) is 0.500. The molecule has 1 atom stereocenters. The molecule has 1 unspecified atom stereocenters. The van der Waals surface area contributed by atoms with Crippen molar-refractivity contribution in [3.8, 4) is 0 Å². The first-order chi connectivity index (χ1) is 7.94. The molecule has 1 aromatic carbocycles. The second-order valence-corrected chi connectivity index (χ2v) is 6.59. The van der Waals surface area contributed by atoms with Crippen LogP contribution in [0.25, 0.3) is 0 Å². The molecule has 0 spiro atoms. The summed E-state index contributed by atoms with van der Waals surface area (Å²) < 4.78 is 25.3. The van der Waals surface area contributed by atoms with Gasteiger partial charge in [0.1, 0.15) is 0 Å². The Morgan fingerprint density at radius 3 is 2.65 bits per heavy atom. The Balaban J connectivity index is 2.38. The fourth-order valence-corrected chi connectivity index (χ4v) is 4.15. The maximum absolute atomic E-state index is 11.9. The Kier molecular flexibility index (Phi) is 3.03. The summed E-state index contributed by atoms with van der Waals surface area (Å²) in [5.41, 5.74) is 8.31. The minimum Gasteiger partial charge on any atom is -0.398 e. The van der Waals surface area contributed by atoms with E-state index >= 15 is 0 Å². The van der Waals surface area contributed by atoms with E-state index in [9.17, 15) is 8.42 Å². The van der Waals surface area contributed by atoms with E-state index in [1.54, 1.807) is 6.07 Å². The molecule has 0 saturated carbocycles. The fourth-order valence-electron chi connectivity index (χ4n) is 2.22. The summed E-state index contributed by atoms with van der Waals surface area (Å²) in [5, 5.41) is 0. The summed E-state index contributed by atoms with van der Waals surface area (Å²) in [6, 6.07) is 5.50. The molecule has 1 aliphatic rings. The molecule has 4 nitrogen and oxygen atoms in total. The van der Waals surface area contributed by atoms with Gasteiger partial charge in [0.2, 0.25) is 10.0 Å². The molecule has 1 saturated heterocycles. The molecule has 0 amide bonds. The zero-order chi connectivity index (χ0) is 12.6. The summed E-state index contributed by atoms with van der Waals surface area (Å²) in [6.45, 7) is 4.52. The number of aryl methyl sites for hydroxylation is 1. The average Bonchev–Trinajstić information content (AvgIpc) is 2.51. The van der Waals surface area contributed by atoms with Crippen molar-refractivity contribution in [2.45, 2.75) is 20.3 Å². The van der Waals surface area contributed by atoms with Gasteiger partial charge in [0.05, 0.1) is 11.4 Å². The first kappa shape index (κ1) is 12.2. The number of benzene rings is 1. The van der Waals surface area contributed by atoms with Crippen LogP contribution in [0.3, 0.4) is 0 Å². The second kappa shape index (κ2) is 4.22. The number of hydrogen-bond donors (Lipinski definition) is 1. The van der Waals surface area contributed by atoms with Crippen LogP contribution < -0.4 is 10.0 Å². The normalized spacial score (nSPS) is 22.9. The number of nitrogens with zero attached hydrogens (tertiary/aromatic N) is 1. The number of nitrogens with two attached hydrogens (primary N) is 1. The van der Waals surface area contributed by atoms with Crippen molar-refractivity contribution in [1.82, 2.24) is 0 Å². The van der Waals surface area contributed by atoms with E-state index < -0.39 is 10.0 Å². The van der Waals surface area contributed by atoms with E-state index in [0.29, 0.717) is 17.9 Å². The molecule has 94 valence electrons. The molecule has 0 radical (unpaired) electrons. The molecular formula is C12H18N2O2S. The highest BCUT2D eigenvalue weighted by molar-refractivity contribution is 7.93. The van der Waals surface area contributed by atoms with Gasteiger partial charge in [-0.15, -0.1) is 0 Å². The third-order valence-corrected chi connectivity index (χ3v) is 5.13. The molecule has 1 aliphatic heterocycles. The van der Waals surface area contributed by atoms with E-state index in [-0.39, 0.29) is 11.7 Å². The third-order valence-electron chi connectivity index (χ3n) is 3.11. The van der Waals surface area contributed by atoms with Crippen LogP contribution in [0.15, 0.2) is 18.2 Å². The SMILES string of the molecule is CCc1ccc(N2CC(C)CS2(=O)=O)cc1N. The van der Waals surface area contributed by atoms with Crippen LogP contribution in [-0.4, -0.2) is 20.7 Å². The average molecular weight is 254 g/mol. The van der Waals surface area contributed by atoms with Crippen molar-refractivity contribution in [1.29, 1.82) is 0 Å². The lowest BCUT2D eigenvalue weighted by Gasteiger charge is -2.18. The van der Waals surface area contributed by atoms with Gasteiger partial charge >= 0.3 is 0 Å². The van der Waals surface area contributed by atoms with Crippen LogP contribution in [-0.2, 0) is 16.4 Å². The molecular weight excluding hydrogens is 236 g/mol. The first-order valence-electron chi connectivity index (χ1n) is 5.83. The maximum Gasteiger partial charge on any atom is 0.235 e. The largest absolute Gasteiger partial charge is 0.398 e. The molecule has 2 N–H and O–H groups in total. The minimum absolute atomic E-state index is 0.173. The summed E-state index contributed by atoms with van der Waals surface area (Å²) in [7, 11) is -3.15. The molecule has 1 heterocycles. The number of nitrogen functional groups attached to an aromatic ring is 1. The van der Waals surface area contributed by atoms with Crippen LogP contribution in [0.5, 0.6) is 0 Å². The van der Waals surface area contributed by atoms with Gasteiger partial charge in [0.25, 0.3) is 0 Å². The Morgan fingerprint density at radius 1 is 1.47 bits per heavy atom. The van der Waals surface area contributed by atoms with Crippen molar-refractivity contribution in [3.63, 3.8) is 0 Å². The molecule has 0 aromatic heterocycles. The lowest BCUT2D eigenvalue weighted by atomic mass is 10.1. The summed E-state index contributed by atoms with van der Waals surface area (Å²) in [6.07, 6.45) is 0.856. The molecule has 5 heteroatoms. The van der Waals surface area contributed by atoms with E-state index in [4.69, 9.17) is 5.73 Å². The number of sulfonamides is 1. The van der Waals surface area contributed by atoms with Gasteiger partial charge in [-0.2, -0.15) is 0 Å². The standard InChI is InChI=1S/C12H18N2O2S/c1-3-10-4-5-11(6-12(10)13)14-7-9(2)8-17(14,15)16/h4-6,9H,3,7-8,13H2,1-2H3. The lowest BCUT2D eigenvalue weighted by Crippen LogP contribution is -2.25. The smallest absolute Gasteiger partial charge is 0.235 e. The highest BCUT2D eigenvalue weighted by Crippen LogP contribution is 2.29. The van der Waals surface area contributed by atoms with Crippen molar-refractivity contribution >= 4 is 21.4 Å². The van der Waals surface area contributed by atoms with Gasteiger partial charge in [-0.25, -0.2) is 8.42 Å². The van der Waals surface area contributed by atoms with Crippen LogP contribution in [0, 0.1) is 5.92 Å². The number of rotatable bonds is 2. The van der Waals surface area contributed by atoms with Crippen molar-refractivity contribution in [2.24, 2.45) is 5.92 Å². The van der Waals surface area contributed by atoms with E-state index in [1.807, 2.05) is 26.0 Å². The first-order valence-corrected chi connectivity index (χ1v) is 7.43. The topological polar surface area (TPSA) is 63.4 Å². The molecule has 0 bridgehead atoms. The predicted molar refractivity (Wildman–Crippen MR) is 70.5 cm³/mol. The predicted octanol–water partition coefficient (Wildman–Crippen LogP) is 1.62. The lowest BCUT2D eigenvalue weighted by molar-refractivity contribution is 0.598. The van der Waals surface area contributed by atoms with Crippen LogP contribution in [0.4, 0.5) is 11.4 Å². The van der Waals surface area contributed by atoms with Gasteiger partial charge in [0.15, 0.2) is 0 Å². The molecule has 2 rings (SSSR count). The Bertz CT molecular complexity index is 525. The van der Waals surface area contributed by atoms with Crippen LogP contribution >= 0.6 is 0 Å². The second-order valence-electron chi connectivity index (χ2n) is 4.65. The Morgan fingerprint density at radius 2 is 2.18 bits per heavy atom. The quantitative estimate of drug-likeness (QED) is 0.816. The summed E-state index contributed by atoms with van der Waals surface area (Å²) in [4.78, 5) is 0. The molecule has 0 aliphatic carbocycles.